The lowest BCUT2D eigenvalue weighted by molar-refractivity contribution is 0.669. The van der Waals surface area contributed by atoms with Crippen molar-refractivity contribution in [1.82, 2.24) is 0 Å². The Morgan fingerprint density at radius 2 is 0.643 bits per heavy atom. The van der Waals surface area contributed by atoms with Crippen LogP contribution in [0.5, 0.6) is 0 Å². The van der Waals surface area contributed by atoms with Crippen molar-refractivity contribution in [3.63, 3.8) is 0 Å². The van der Waals surface area contributed by atoms with E-state index in [9.17, 15) is 0 Å². The standard InChI is InChI=1S/C54H37NO/c1-4-13-38(14-5-1)43-19-10-21-45(35-43)41-25-30-48(31-26-41)55(49-32-27-42(28-33-49)46-22-11-20-44(36-46)39-15-6-2-7-16-39)52-24-12-23-50-51-37-47(40-17-8-3-9-18-40)29-34-53(51)56-54(50)52/h1-37H. The Kier molecular flexibility index (Phi) is 8.55. The van der Waals surface area contributed by atoms with Crippen molar-refractivity contribution in [2.75, 3.05) is 4.90 Å². The largest absolute Gasteiger partial charge is 0.454 e. The van der Waals surface area contributed by atoms with Gasteiger partial charge in [0.15, 0.2) is 5.58 Å². The van der Waals surface area contributed by atoms with Crippen LogP contribution < -0.4 is 4.90 Å². The van der Waals surface area contributed by atoms with Crippen LogP contribution in [0, 0.1) is 0 Å². The number of hydrogen-bond donors (Lipinski definition) is 0. The van der Waals surface area contributed by atoms with Crippen LogP contribution in [-0.2, 0) is 0 Å². The molecule has 0 atom stereocenters. The summed E-state index contributed by atoms with van der Waals surface area (Å²) < 4.78 is 6.75. The first-order valence-electron chi connectivity index (χ1n) is 19.1. The van der Waals surface area contributed by atoms with Gasteiger partial charge in [0, 0.05) is 22.1 Å². The van der Waals surface area contributed by atoms with Gasteiger partial charge in [0.1, 0.15) is 5.58 Å². The van der Waals surface area contributed by atoms with Gasteiger partial charge in [-0.15, -0.1) is 0 Å². The van der Waals surface area contributed by atoms with Gasteiger partial charge in [-0.3, -0.25) is 0 Å². The molecule has 0 fully saturated rings. The summed E-state index contributed by atoms with van der Waals surface area (Å²) in [5.41, 5.74) is 16.7. The minimum absolute atomic E-state index is 0.854. The molecule has 0 radical (unpaired) electrons. The lowest BCUT2D eigenvalue weighted by atomic mass is 9.98. The van der Waals surface area contributed by atoms with Crippen molar-refractivity contribution in [1.29, 1.82) is 0 Å². The number of rotatable bonds is 8. The van der Waals surface area contributed by atoms with E-state index in [0.717, 1.165) is 50.1 Å². The van der Waals surface area contributed by atoms with Gasteiger partial charge in [0.25, 0.3) is 0 Å². The second-order valence-electron chi connectivity index (χ2n) is 14.2. The van der Waals surface area contributed by atoms with E-state index in [0.29, 0.717) is 0 Å². The number of nitrogens with zero attached hydrogens (tertiary/aromatic N) is 1. The van der Waals surface area contributed by atoms with Gasteiger partial charge in [-0.2, -0.15) is 0 Å². The summed E-state index contributed by atoms with van der Waals surface area (Å²) in [6.07, 6.45) is 0. The number of hydrogen-bond acceptors (Lipinski definition) is 2. The van der Waals surface area contributed by atoms with E-state index in [2.05, 4.69) is 229 Å². The van der Waals surface area contributed by atoms with Gasteiger partial charge in [0.2, 0.25) is 0 Å². The van der Waals surface area contributed by atoms with Gasteiger partial charge in [-0.05, 0) is 110 Å². The number of furan rings is 1. The second kappa shape index (κ2) is 14.4. The monoisotopic (exact) mass is 715 g/mol. The Morgan fingerprint density at radius 1 is 0.268 bits per heavy atom. The third-order valence-electron chi connectivity index (χ3n) is 10.7. The molecule has 0 aliphatic rings. The maximum Gasteiger partial charge on any atom is 0.159 e. The molecule has 56 heavy (non-hydrogen) atoms. The van der Waals surface area contributed by atoms with Crippen molar-refractivity contribution in [2.45, 2.75) is 0 Å². The van der Waals surface area contributed by atoms with Crippen LogP contribution in [0.25, 0.3) is 77.6 Å². The first-order chi connectivity index (χ1) is 27.7. The molecule has 1 heterocycles. The molecule has 0 unspecified atom stereocenters. The molecular weight excluding hydrogens is 679 g/mol. The fourth-order valence-electron chi connectivity index (χ4n) is 7.82. The molecule has 1 aromatic heterocycles. The van der Waals surface area contributed by atoms with Crippen LogP contribution in [0.2, 0.25) is 0 Å². The quantitative estimate of drug-likeness (QED) is 0.156. The maximum atomic E-state index is 6.75. The summed E-state index contributed by atoms with van der Waals surface area (Å²) in [5, 5.41) is 2.19. The molecule has 9 aromatic carbocycles. The zero-order valence-electron chi connectivity index (χ0n) is 30.7. The molecule has 0 saturated heterocycles. The van der Waals surface area contributed by atoms with E-state index in [-0.39, 0.29) is 0 Å². The highest BCUT2D eigenvalue weighted by Gasteiger charge is 2.20. The summed E-state index contributed by atoms with van der Waals surface area (Å²) in [7, 11) is 0. The van der Waals surface area contributed by atoms with Gasteiger partial charge in [0.05, 0.1) is 5.69 Å². The second-order valence-corrected chi connectivity index (χ2v) is 14.2. The number of fused-ring (bicyclic) bond motifs is 3. The molecule has 0 amide bonds. The normalized spacial score (nSPS) is 11.2. The minimum atomic E-state index is 0.854. The molecule has 0 bridgehead atoms. The first-order valence-corrected chi connectivity index (χ1v) is 19.1. The third kappa shape index (κ3) is 6.34. The number of para-hydroxylation sites is 1. The molecule has 2 heteroatoms. The molecule has 0 aliphatic heterocycles. The minimum Gasteiger partial charge on any atom is -0.454 e. The maximum absolute atomic E-state index is 6.75. The smallest absolute Gasteiger partial charge is 0.159 e. The topological polar surface area (TPSA) is 16.4 Å². The Hall–Kier alpha value is -7.42. The highest BCUT2D eigenvalue weighted by Crippen LogP contribution is 2.44. The van der Waals surface area contributed by atoms with Crippen LogP contribution in [0.15, 0.2) is 229 Å². The van der Waals surface area contributed by atoms with Gasteiger partial charge >= 0.3 is 0 Å². The summed E-state index contributed by atoms with van der Waals surface area (Å²) in [4.78, 5) is 2.32. The molecule has 0 saturated carbocycles. The van der Waals surface area contributed by atoms with Gasteiger partial charge < -0.3 is 9.32 Å². The first kappa shape index (κ1) is 33.2. The van der Waals surface area contributed by atoms with E-state index in [1.54, 1.807) is 0 Å². The van der Waals surface area contributed by atoms with Crippen molar-refractivity contribution < 1.29 is 4.42 Å². The average Bonchev–Trinajstić information content (AvgIpc) is 3.67. The van der Waals surface area contributed by atoms with Crippen LogP contribution >= 0.6 is 0 Å². The zero-order chi connectivity index (χ0) is 37.3. The Balaban J connectivity index is 1.07. The highest BCUT2D eigenvalue weighted by molar-refractivity contribution is 6.11. The summed E-state index contributed by atoms with van der Waals surface area (Å²) in [5.74, 6) is 0. The van der Waals surface area contributed by atoms with Crippen LogP contribution in [0.4, 0.5) is 17.1 Å². The van der Waals surface area contributed by atoms with Gasteiger partial charge in [-0.25, -0.2) is 0 Å². The molecular formula is C54H37NO. The SMILES string of the molecule is c1ccc(-c2cccc(-c3ccc(N(c4ccc(-c5cccc(-c6ccccc6)c5)cc4)c4cccc5c4oc4ccc(-c6ccccc6)cc45)cc3)c2)cc1. The van der Waals surface area contributed by atoms with Crippen LogP contribution in [0.3, 0.4) is 0 Å². The lowest BCUT2D eigenvalue weighted by Crippen LogP contribution is -2.10. The molecule has 2 nitrogen and oxygen atoms in total. The Morgan fingerprint density at radius 3 is 1.11 bits per heavy atom. The van der Waals surface area contributed by atoms with Crippen molar-refractivity contribution >= 4 is 39.0 Å². The Bertz CT molecular complexity index is 2800. The molecule has 0 spiro atoms. The summed E-state index contributed by atoms with van der Waals surface area (Å²) in [6.45, 7) is 0. The molecule has 10 rings (SSSR count). The predicted octanol–water partition coefficient (Wildman–Crippen LogP) is 15.4. The van der Waals surface area contributed by atoms with Crippen molar-refractivity contribution in [3.8, 4) is 55.6 Å². The summed E-state index contributed by atoms with van der Waals surface area (Å²) in [6, 6.07) is 79.9. The molecule has 264 valence electrons. The van der Waals surface area contributed by atoms with Crippen LogP contribution in [0.1, 0.15) is 0 Å². The van der Waals surface area contributed by atoms with E-state index < -0.39 is 0 Å². The molecule has 0 N–H and O–H groups in total. The van der Waals surface area contributed by atoms with Crippen LogP contribution in [-0.4, -0.2) is 0 Å². The highest BCUT2D eigenvalue weighted by atomic mass is 16.3. The third-order valence-corrected chi connectivity index (χ3v) is 10.7. The zero-order valence-corrected chi connectivity index (χ0v) is 30.7. The number of benzene rings is 9. The van der Waals surface area contributed by atoms with Crippen molar-refractivity contribution in [2.24, 2.45) is 0 Å². The predicted molar refractivity (Wildman–Crippen MR) is 236 cm³/mol. The van der Waals surface area contributed by atoms with E-state index in [4.69, 9.17) is 4.42 Å². The van der Waals surface area contributed by atoms with E-state index in [1.165, 1.54) is 44.5 Å². The van der Waals surface area contributed by atoms with E-state index >= 15 is 0 Å². The van der Waals surface area contributed by atoms with Crippen molar-refractivity contribution in [3.05, 3.63) is 224 Å². The fraction of sp³-hybridized carbons (Fsp3) is 0. The average molecular weight is 716 g/mol. The van der Waals surface area contributed by atoms with Gasteiger partial charge in [-0.1, -0.05) is 170 Å². The fourth-order valence-corrected chi connectivity index (χ4v) is 7.82. The number of anilines is 3. The summed E-state index contributed by atoms with van der Waals surface area (Å²) >= 11 is 0. The molecule has 0 aliphatic carbocycles. The lowest BCUT2D eigenvalue weighted by Gasteiger charge is -2.26. The Labute approximate surface area is 327 Å². The molecule has 10 aromatic rings. The van der Waals surface area contributed by atoms with E-state index in [1.807, 2.05) is 0 Å².